The molecule has 1 N–H and O–H groups in total. The monoisotopic (exact) mass is 212 g/mol. The quantitative estimate of drug-likeness (QED) is 0.836. The van der Waals surface area contributed by atoms with Crippen LogP contribution in [0.4, 0.5) is 4.39 Å². The molecule has 1 aromatic rings. The fraction of sp³-hybridized carbons (Fsp3) is 0.300. The first-order chi connectivity index (χ1) is 6.65. The van der Waals surface area contributed by atoms with Gasteiger partial charge in [0.05, 0.1) is 12.1 Å². The van der Waals surface area contributed by atoms with Crippen molar-refractivity contribution in [2.45, 2.75) is 19.5 Å². The summed E-state index contributed by atoms with van der Waals surface area (Å²) in [4.78, 5) is 0. The van der Waals surface area contributed by atoms with Crippen molar-refractivity contribution in [2.75, 3.05) is 0 Å². The van der Waals surface area contributed by atoms with E-state index in [-0.39, 0.29) is 18.4 Å². The van der Waals surface area contributed by atoms with Crippen molar-refractivity contribution < 1.29 is 4.39 Å². The Bertz CT molecular complexity index is 339. The molecule has 1 aromatic carbocycles. The van der Waals surface area contributed by atoms with E-state index in [1.165, 1.54) is 6.07 Å². The first kappa shape index (κ1) is 11.0. The van der Waals surface area contributed by atoms with Crippen LogP contribution in [-0.4, -0.2) is 6.04 Å². The van der Waals surface area contributed by atoms with Gasteiger partial charge in [0.15, 0.2) is 0 Å². The second-order valence-corrected chi connectivity index (χ2v) is 3.34. The van der Waals surface area contributed by atoms with Crippen LogP contribution in [-0.2, 0) is 6.54 Å². The van der Waals surface area contributed by atoms with Gasteiger partial charge in [0, 0.05) is 17.1 Å². The second kappa shape index (κ2) is 4.94. The Morgan fingerprint density at radius 2 is 2.36 bits per heavy atom. The molecule has 0 aliphatic rings. The average molecular weight is 213 g/mol. The summed E-state index contributed by atoms with van der Waals surface area (Å²) in [5.41, 5.74) is 0.399. The van der Waals surface area contributed by atoms with Crippen LogP contribution in [0.1, 0.15) is 12.5 Å². The van der Waals surface area contributed by atoms with E-state index >= 15 is 0 Å². The molecule has 1 unspecified atom stereocenters. The molecule has 14 heavy (non-hydrogen) atoms. The zero-order chi connectivity index (χ0) is 10.6. The summed E-state index contributed by atoms with van der Waals surface area (Å²) in [7, 11) is 0. The minimum atomic E-state index is -0.352. The third-order valence-electron chi connectivity index (χ3n) is 1.84. The topological polar surface area (TPSA) is 35.8 Å². The predicted molar refractivity (Wildman–Crippen MR) is 53.3 cm³/mol. The van der Waals surface area contributed by atoms with Crippen LogP contribution in [0.15, 0.2) is 18.2 Å². The van der Waals surface area contributed by atoms with Crippen molar-refractivity contribution in [2.24, 2.45) is 0 Å². The Labute approximate surface area is 87.3 Å². The van der Waals surface area contributed by atoms with Gasteiger partial charge in [0.25, 0.3) is 0 Å². The number of rotatable bonds is 3. The molecule has 0 radical (unpaired) electrons. The van der Waals surface area contributed by atoms with Crippen LogP contribution in [0.25, 0.3) is 0 Å². The van der Waals surface area contributed by atoms with Crippen molar-refractivity contribution in [3.05, 3.63) is 34.6 Å². The highest BCUT2D eigenvalue weighted by Gasteiger charge is 2.07. The van der Waals surface area contributed by atoms with E-state index < -0.39 is 0 Å². The van der Waals surface area contributed by atoms with Gasteiger partial charge in [-0.2, -0.15) is 5.26 Å². The molecule has 0 fully saturated rings. The minimum Gasteiger partial charge on any atom is -0.298 e. The maximum atomic E-state index is 13.2. The zero-order valence-corrected chi connectivity index (χ0v) is 8.48. The number of benzene rings is 1. The number of hydrogen-bond donors (Lipinski definition) is 1. The molecular formula is C10H10ClFN2. The van der Waals surface area contributed by atoms with Gasteiger partial charge in [-0.3, -0.25) is 5.32 Å². The van der Waals surface area contributed by atoms with Crippen LogP contribution in [0.3, 0.4) is 0 Å². The van der Waals surface area contributed by atoms with Crippen molar-refractivity contribution in [1.29, 1.82) is 5.26 Å². The smallest absolute Gasteiger partial charge is 0.129 e. The van der Waals surface area contributed by atoms with Gasteiger partial charge >= 0.3 is 0 Å². The summed E-state index contributed by atoms with van der Waals surface area (Å²) in [5.74, 6) is -0.352. The second-order valence-electron chi connectivity index (χ2n) is 2.93. The molecule has 1 atom stereocenters. The lowest BCUT2D eigenvalue weighted by molar-refractivity contribution is 0.576. The summed E-state index contributed by atoms with van der Waals surface area (Å²) in [6, 6.07) is 6.20. The fourth-order valence-electron chi connectivity index (χ4n) is 1.00. The molecule has 0 saturated heterocycles. The molecule has 0 spiro atoms. The van der Waals surface area contributed by atoms with Crippen molar-refractivity contribution in [3.8, 4) is 6.07 Å². The normalized spacial score (nSPS) is 12.1. The van der Waals surface area contributed by atoms with Gasteiger partial charge in [0.1, 0.15) is 5.82 Å². The Hall–Kier alpha value is -1.11. The van der Waals surface area contributed by atoms with E-state index in [1.54, 1.807) is 19.1 Å². The molecule has 2 nitrogen and oxygen atoms in total. The van der Waals surface area contributed by atoms with Crippen molar-refractivity contribution in [1.82, 2.24) is 5.32 Å². The maximum absolute atomic E-state index is 13.2. The van der Waals surface area contributed by atoms with Crippen LogP contribution in [0, 0.1) is 17.1 Å². The lowest BCUT2D eigenvalue weighted by atomic mass is 10.2. The molecule has 0 saturated carbocycles. The lowest BCUT2D eigenvalue weighted by Gasteiger charge is -2.08. The van der Waals surface area contributed by atoms with Crippen molar-refractivity contribution >= 4 is 11.6 Å². The maximum Gasteiger partial charge on any atom is 0.129 e. The highest BCUT2D eigenvalue weighted by molar-refractivity contribution is 6.31. The molecule has 74 valence electrons. The number of nitrogens with zero attached hydrogens (tertiary/aromatic N) is 1. The summed E-state index contributed by atoms with van der Waals surface area (Å²) < 4.78 is 13.2. The molecule has 0 aliphatic heterocycles. The first-order valence-electron chi connectivity index (χ1n) is 4.21. The average Bonchev–Trinajstić information content (AvgIpc) is 2.16. The third kappa shape index (κ3) is 2.69. The minimum absolute atomic E-state index is 0.264. The Kier molecular flexibility index (Phi) is 3.87. The first-order valence-corrected chi connectivity index (χ1v) is 4.59. The summed E-state index contributed by atoms with van der Waals surface area (Å²) in [5, 5.41) is 11.7. The SMILES string of the molecule is CC(C#N)NCc1c(F)cccc1Cl. The number of nitrogens with one attached hydrogen (secondary N) is 1. The van der Waals surface area contributed by atoms with Crippen LogP contribution < -0.4 is 5.32 Å². The van der Waals surface area contributed by atoms with Gasteiger partial charge in [-0.15, -0.1) is 0 Å². The number of nitriles is 1. The highest BCUT2D eigenvalue weighted by atomic mass is 35.5. The van der Waals surface area contributed by atoms with E-state index in [1.807, 2.05) is 6.07 Å². The zero-order valence-electron chi connectivity index (χ0n) is 7.72. The van der Waals surface area contributed by atoms with E-state index in [0.29, 0.717) is 10.6 Å². The van der Waals surface area contributed by atoms with E-state index in [0.717, 1.165) is 0 Å². The van der Waals surface area contributed by atoms with Gasteiger partial charge < -0.3 is 0 Å². The Morgan fingerprint density at radius 3 is 2.93 bits per heavy atom. The lowest BCUT2D eigenvalue weighted by Crippen LogP contribution is -2.24. The molecule has 1 rings (SSSR count). The molecule has 0 aliphatic carbocycles. The largest absolute Gasteiger partial charge is 0.298 e. The van der Waals surface area contributed by atoms with Crippen LogP contribution >= 0.6 is 11.6 Å². The van der Waals surface area contributed by atoms with E-state index in [2.05, 4.69) is 5.32 Å². The predicted octanol–water partition coefficient (Wildman–Crippen LogP) is 2.48. The van der Waals surface area contributed by atoms with Crippen molar-refractivity contribution in [3.63, 3.8) is 0 Å². The van der Waals surface area contributed by atoms with Crippen LogP contribution in [0.2, 0.25) is 5.02 Å². The molecule has 0 aromatic heterocycles. The van der Waals surface area contributed by atoms with E-state index in [4.69, 9.17) is 16.9 Å². The molecule has 0 amide bonds. The van der Waals surface area contributed by atoms with Gasteiger partial charge in [0.2, 0.25) is 0 Å². The fourth-order valence-corrected chi connectivity index (χ4v) is 1.23. The Balaban J connectivity index is 2.72. The number of hydrogen-bond acceptors (Lipinski definition) is 2. The van der Waals surface area contributed by atoms with Crippen LogP contribution in [0.5, 0.6) is 0 Å². The summed E-state index contributed by atoms with van der Waals surface area (Å²) in [6.45, 7) is 1.97. The molecule has 0 heterocycles. The standard InChI is InChI=1S/C10H10ClFN2/c1-7(5-13)14-6-8-9(11)3-2-4-10(8)12/h2-4,7,14H,6H2,1H3. The summed E-state index contributed by atoms with van der Waals surface area (Å²) >= 11 is 5.79. The molecular weight excluding hydrogens is 203 g/mol. The van der Waals surface area contributed by atoms with Gasteiger partial charge in [-0.05, 0) is 19.1 Å². The van der Waals surface area contributed by atoms with Gasteiger partial charge in [-0.1, -0.05) is 17.7 Å². The Morgan fingerprint density at radius 1 is 1.64 bits per heavy atom. The van der Waals surface area contributed by atoms with E-state index in [9.17, 15) is 4.39 Å². The molecule has 0 bridgehead atoms. The third-order valence-corrected chi connectivity index (χ3v) is 2.19. The highest BCUT2D eigenvalue weighted by Crippen LogP contribution is 2.18. The number of halogens is 2. The molecule has 4 heteroatoms. The summed E-state index contributed by atoms with van der Waals surface area (Å²) in [6.07, 6.45) is 0. The van der Waals surface area contributed by atoms with Gasteiger partial charge in [-0.25, -0.2) is 4.39 Å².